The molecule has 0 saturated carbocycles. The standard InChI is InChI=1S/C13H19N3O/c1-2-16-12-6-4-3-5-11(12)15-13(16)9-10(17)7-8-14/h3-6,10,17H,2,7-9,14H2,1H3. The van der Waals surface area contributed by atoms with Crippen LogP contribution >= 0.6 is 0 Å². The molecule has 92 valence electrons. The van der Waals surface area contributed by atoms with E-state index in [0.29, 0.717) is 19.4 Å². The van der Waals surface area contributed by atoms with E-state index >= 15 is 0 Å². The van der Waals surface area contributed by atoms with Crippen molar-refractivity contribution in [2.75, 3.05) is 6.54 Å². The van der Waals surface area contributed by atoms with Crippen molar-refractivity contribution in [2.45, 2.75) is 32.4 Å². The number of imidazole rings is 1. The first-order valence-corrected chi connectivity index (χ1v) is 6.08. The summed E-state index contributed by atoms with van der Waals surface area (Å²) in [6.45, 7) is 3.46. The minimum Gasteiger partial charge on any atom is -0.393 e. The topological polar surface area (TPSA) is 64.1 Å². The van der Waals surface area contributed by atoms with Crippen molar-refractivity contribution in [2.24, 2.45) is 5.73 Å². The number of para-hydroxylation sites is 2. The van der Waals surface area contributed by atoms with E-state index < -0.39 is 6.10 Å². The summed E-state index contributed by atoms with van der Waals surface area (Å²) in [5.74, 6) is 0.939. The molecule has 0 aliphatic carbocycles. The van der Waals surface area contributed by atoms with Crippen LogP contribution in [0.15, 0.2) is 24.3 Å². The Labute approximate surface area is 101 Å². The molecule has 0 aliphatic heterocycles. The maximum absolute atomic E-state index is 9.81. The van der Waals surface area contributed by atoms with Gasteiger partial charge in [0.15, 0.2) is 0 Å². The van der Waals surface area contributed by atoms with Crippen LogP contribution in [0.5, 0.6) is 0 Å². The van der Waals surface area contributed by atoms with Gasteiger partial charge in [0.2, 0.25) is 0 Å². The fourth-order valence-electron chi connectivity index (χ4n) is 2.14. The molecule has 0 spiro atoms. The van der Waals surface area contributed by atoms with Crippen LogP contribution in [0, 0.1) is 0 Å². The highest BCUT2D eigenvalue weighted by Gasteiger charge is 2.12. The van der Waals surface area contributed by atoms with Gasteiger partial charge in [-0.05, 0) is 32.0 Å². The molecule has 0 radical (unpaired) electrons. The molecule has 0 saturated heterocycles. The summed E-state index contributed by atoms with van der Waals surface area (Å²) in [6.07, 6.45) is 0.786. The fraction of sp³-hybridized carbons (Fsp3) is 0.462. The molecular weight excluding hydrogens is 214 g/mol. The predicted molar refractivity (Wildman–Crippen MR) is 68.8 cm³/mol. The minimum absolute atomic E-state index is 0.401. The zero-order chi connectivity index (χ0) is 12.3. The zero-order valence-electron chi connectivity index (χ0n) is 10.1. The van der Waals surface area contributed by atoms with Crippen LogP contribution in [0.4, 0.5) is 0 Å². The first kappa shape index (κ1) is 12.1. The van der Waals surface area contributed by atoms with Crippen molar-refractivity contribution < 1.29 is 5.11 Å². The fourth-order valence-corrected chi connectivity index (χ4v) is 2.14. The highest BCUT2D eigenvalue weighted by Crippen LogP contribution is 2.17. The van der Waals surface area contributed by atoms with Crippen molar-refractivity contribution in [3.05, 3.63) is 30.1 Å². The molecule has 2 aromatic rings. The first-order valence-electron chi connectivity index (χ1n) is 6.08. The van der Waals surface area contributed by atoms with Crippen molar-refractivity contribution in [1.82, 2.24) is 9.55 Å². The maximum Gasteiger partial charge on any atom is 0.112 e. The van der Waals surface area contributed by atoms with E-state index in [-0.39, 0.29) is 0 Å². The normalized spacial score (nSPS) is 13.1. The Morgan fingerprint density at radius 1 is 1.41 bits per heavy atom. The molecule has 17 heavy (non-hydrogen) atoms. The molecule has 2 rings (SSSR count). The van der Waals surface area contributed by atoms with Gasteiger partial charge in [-0.3, -0.25) is 0 Å². The molecule has 1 unspecified atom stereocenters. The monoisotopic (exact) mass is 233 g/mol. The van der Waals surface area contributed by atoms with Gasteiger partial charge in [0.05, 0.1) is 17.1 Å². The van der Waals surface area contributed by atoms with Gasteiger partial charge in [0.1, 0.15) is 5.82 Å². The second-order valence-corrected chi connectivity index (χ2v) is 4.20. The number of benzene rings is 1. The molecule has 1 atom stereocenters. The lowest BCUT2D eigenvalue weighted by molar-refractivity contribution is 0.164. The Morgan fingerprint density at radius 3 is 2.88 bits per heavy atom. The Hall–Kier alpha value is -1.39. The number of rotatable bonds is 5. The number of hydrogen-bond acceptors (Lipinski definition) is 3. The van der Waals surface area contributed by atoms with Crippen LogP contribution < -0.4 is 5.73 Å². The number of aliphatic hydroxyl groups excluding tert-OH is 1. The lowest BCUT2D eigenvalue weighted by atomic mass is 10.2. The molecule has 0 bridgehead atoms. The molecule has 4 nitrogen and oxygen atoms in total. The Bertz CT molecular complexity index is 492. The summed E-state index contributed by atoms with van der Waals surface area (Å²) in [6, 6.07) is 8.05. The molecule has 3 N–H and O–H groups in total. The highest BCUT2D eigenvalue weighted by atomic mass is 16.3. The molecule has 1 aromatic carbocycles. The number of nitrogens with two attached hydrogens (primary N) is 1. The number of hydrogen-bond donors (Lipinski definition) is 2. The second kappa shape index (κ2) is 5.29. The third kappa shape index (κ3) is 2.48. The van der Waals surface area contributed by atoms with Crippen LogP contribution in [0.3, 0.4) is 0 Å². The van der Waals surface area contributed by atoms with Gasteiger partial charge < -0.3 is 15.4 Å². The van der Waals surface area contributed by atoms with E-state index in [4.69, 9.17) is 5.73 Å². The van der Waals surface area contributed by atoms with Crippen LogP contribution in [0.2, 0.25) is 0 Å². The molecule has 1 heterocycles. The van der Waals surface area contributed by atoms with Crippen molar-refractivity contribution in [3.63, 3.8) is 0 Å². The van der Waals surface area contributed by atoms with E-state index in [1.165, 1.54) is 0 Å². The molecule has 0 amide bonds. The van der Waals surface area contributed by atoms with E-state index in [2.05, 4.69) is 22.5 Å². The average molecular weight is 233 g/mol. The average Bonchev–Trinajstić information content (AvgIpc) is 2.66. The molecule has 4 heteroatoms. The van der Waals surface area contributed by atoms with Gasteiger partial charge in [0, 0.05) is 13.0 Å². The van der Waals surface area contributed by atoms with Crippen molar-refractivity contribution in [1.29, 1.82) is 0 Å². The Morgan fingerprint density at radius 2 is 2.18 bits per heavy atom. The molecule has 0 aliphatic rings. The van der Waals surface area contributed by atoms with Gasteiger partial charge >= 0.3 is 0 Å². The number of nitrogens with zero attached hydrogens (tertiary/aromatic N) is 2. The summed E-state index contributed by atoms with van der Waals surface area (Å²) in [4.78, 5) is 4.57. The SMILES string of the molecule is CCn1c(CC(O)CCN)nc2ccccc21. The summed E-state index contributed by atoms with van der Waals surface area (Å²) in [7, 11) is 0. The van der Waals surface area contributed by atoms with Gasteiger partial charge in [-0.25, -0.2) is 4.98 Å². The zero-order valence-corrected chi connectivity index (χ0v) is 10.1. The molecular formula is C13H19N3O. The lowest BCUT2D eigenvalue weighted by Gasteiger charge is -2.10. The molecule has 1 aromatic heterocycles. The Kier molecular flexibility index (Phi) is 3.76. The van der Waals surface area contributed by atoms with Gasteiger partial charge in [0.25, 0.3) is 0 Å². The van der Waals surface area contributed by atoms with Crippen molar-refractivity contribution >= 4 is 11.0 Å². The van der Waals surface area contributed by atoms with E-state index in [9.17, 15) is 5.11 Å². The third-order valence-corrected chi connectivity index (χ3v) is 2.97. The summed E-state index contributed by atoms with van der Waals surface area (Å²) in [5, 5.41) is 9.81. The predicted octanol–water partition coefficient (Wildman–Crippen LogP) is 1.31. The Balaban J connectivity index is 2.33. The lowest BCUT2D eigenvalue weighted by Crippen LogP contribution is -2.18. The smallest absolute Gasteiger partial charge is 0.112 e. The summed E-state index contributed by atoms with van der Waals surface area (Å²) < 4.78 is 2.15. The van der Waals surface area contributed by atoms with E-state index in [1.807, 2.05) is 18.2 Å². The summed E-state index contributed by atoms with van der Waals surface area (Å²) >= 11 is 0. The second-order valence-electron chi connectivity index (χ2n) is 4.20. The number of aliphatic hydroxyl groups is 1. The highest BCUT2D eigenvalue weighted by molar-refractivity contribution is 5.75. The number of aryl methyl sites for hydroxylation is 1. The maximum atomic E-state index is 9.81. The van der Waals surface area contributed by atoms with Crippen molar-refractivity contribution in [3.8, 4) is 0 Å². The minimum atomic E-state index is -0.401. The van der Waals surface area contributed by atoms with Crippen LogP contribution in [-0.2, 0) is 13.0 Å². The quantitative estimate of drug-likeness (QED) is 0.818. The van der Waals surface area contributed by atoms with Crippen LogP contribution in [0.1, 0.15) is 19.2 Å². The van der Waals surface area contributed by atoms with Crippen LogP contribution in [-0.4, -0.2) is 27.3 Å². The van der Waals surface area contributed by atoms with Crippen LogP contribution in [0.25, 0.3) is 11.0 Å². The van der Waals surface area contributed by atoms with Gasteiger partial charge in [-0.15, -0.1) is 0 Å². The molecule has 0 fully saturated rings. The number of aromatic nitrogens is 2. The number of fused-ring (bicyclic) bond motifs is 1. The first-order chi connectivity index (χ1) is 8.26. The van der Waals surface area contributed by atoms with E-state index in [1.54, 1.807) is 0 Å². The summed E-state index contributed by atoms with van der Waals surface area (Å²) in [5.41, 5.74) is 7.56. The van der Waals surface area contributed by atoms with Gasteiger partial charge in [-0.1, -0.05) is 12.1 Å². The third-order valence-electron chi connectivity index (χ3n) is 2.97. The van der Waals surface area contributed by atoms with Gasteiger partial charge in [-0.2, -0.15) is 0 Å². The van der Waals surface area contributed by atoms with E-state index in [0.717, 1.165) is 23.4 Å². The largest absolute Gasteiger partial charge is 0.393 e.